The van der Waals surface area contributed by atoms with Gasteiger partial charge in [0, 0.05) is 7.05 Å². The number of hydrogen-bond acceptors (Lipinski definition) is 3. The second kappa shape index (κ2) is 2.88. The lowest BCUT2D eigenvalue weighted by atomic mass is 10.2. The van der Waals surface area contributed by atoms with Gasteiger partial charge in [-0.05, 0) is 24.6 Å². The van der Waals surface area contributed by atoms with E-state index in [1.54, 1.807) is 11.3 Å². The van der Waals surface area contributed by atoms with Gasteiger partial charge in [-0.15, -0.1) is 0 Å². The standard InChI is InChI=1S/C9H11N3S/c1-6-3-4-7-8(5-6)13-9(11-10)12(7)2/h3-5H,10H2,1-2H3/b11-9-. The first-order valence-electron chi connectivity index (χ1n) is 4.02. The van der Waals surface area contributed by atoms with Crippen LogP contribution in [0.5, 0.6) is 0 Å². The summed E-state index contributed by atoms with van der Waals surface area (Å²) in [6.07, 6.45) is 0. The summed E-state index contributed by atoms with van der Waals surface area (Å²) < 4.78 is 3.23. The summed E-state index contributed by atoms with van der Waals surface area (Å²) in [5.74, 6) is 5.27. The minimum absolute atomic E-state index is 0.848. The van der Waals surface area contributed by atoms with Crippen LogP contribution < -0.4 is 10.6 Å². The summed E-state index contributed by atoms with van der Waals surface area (Å²) in [5.41, 5.74) is 2.44. The van der Waals surface area contributed by atoms with Crippen molar-refractivity contribution in [3.8, 4) is 0 Å². The highest BCUT2D eigenvalue weighted by Gasteiger charge is 2.01. The van der Waals surface area contributed by atoms with Crippen molar-refractivity contribution in [2.45, 2.75) is 6.92 Å². The fourth-order valence-corrected chi connectivity index (χ4v) is 2.40. The minimum Gasteiger partial charge on any atom is -0.320 e. The van der Waals surface area contributed by atoms with Gasteiger partial charge in [0.25, 0.3) is 0 Å². The third-order valence-electron chi connectivity index (χ3n) is 2.08. The first kappa shape index (κ1) is 8.31. The van der Waals surface area contributed by atoms with Crippen LogP contribution in [-0.2, 0) is 7.05 Å². The molecule has 2 rings (SSSR count). The van der Waals surface area contributed by atoms with Crippen LogP contribution in [0.4, 0.5) is 0 Å². The molecule has 0 radical (unpaired) electrons. The van der Waals surface area contributed by atoms with Gasteiger partial charge < -0.3 is 10.4 Å². The first-order valence-corrected chi connectivity index (χ1v) is 4.84. The summed E-state index contributed by atoms with van der Waals surface area (Å²) in [6.45, 7) is 2.08. The highest BCUT2D eigenvalue weighted by Crippen LogP contribution is 2.17. The van der Waals surface area contributed by atoms with Crippen LogP contribution >= 0.6 is 11.3 Å². The second-order valence-corrected chi connectivity index (χ2v) is 4.05. The molecule has 0 bridgehead atoms. The molecule has 0 fully saturated rings. The van der Waals surface area contributed by atoms with E-state index < -0.39 is 0 Å². The molecule has 13 heavy (non-hydrogen) atoms. The van der Waals surface area contributed by atoms with Crippen molar-refractivity contribution in [3.63, 3.8) is 0 Å². The second-order valence-electron chi connectivity index (χ2n) is 3.04. The van der Waals surface area contributed by atoms with Crippen molar-refractivity contribution < 1.29 is 0 Å². The summed E-state index contributed by atoms with van der Waals surface area (Å²) in [4.78, 5) is 0.848. The Balaban J connectivity index is 2.93. The highest BCUT2D eigenvalue weighted by atomic mass is 32.1. The molecule has 1 aromatic heterocycles. The van der Waals surface area contributed by atoms with Crippen LogP contribution in [0.3, 0.4) is 0 Å². The summed E-state index contributed by atoms with van der Waals surface area (Å²) >= 11 is 1.61. The monoisotopic (exact) mass is 193 g/mol. The molecule has 4 heteroatoms. The molecule has 3 nitrogen and oxygen atoms in total. The van der Waals surface area contributed by atoms with Gasteiger partial charge in [0.05, 0.1) is 10.2 Å². The van der Waals surface area contributed by atoms with Crippen LogP contribution in [-0.4, -0.2) is 4.57 Å². The number of aryl methyl sites for hydroxylation is 2. The van der Waals surface area contributed by atoms with E-state index in [1.165, 1.54) is 15.8 Å². The van der Waals surface area contributed by atoms with Crippen LogP contribution in [0.25, 0.3) is 10.2 Å². The van der Waals surface area contributed by atoms with Gasteiger partial charge in [0.2, 0.25) is 4.80 Å². The lowest BCUT2D eigenvalue weighted by Gasteiger charge is -1.94. The zero-order valence-corrected chi connectivity index (χ0v) is 8.43. The summed E-state index contributed by atoms with van der Waals surface area (Å²) in [7, 11) is 1.97. The van der Waals surface area contributed by atoms with Crippen molar-refractivity contribution in [1.82, 2.24) is 4.57 Å². The van der Waals surface area contributed by atoms with Gasteiger partial charge in [-0.2, -0.15) is 5.10 Å². The molecule has 2 aromatic rings. The number of thiazole rings is 1. The molecule has 0 saturated heterocycles. The lowest BCUT2D eigenvalue weighted by Crippen LogP contribution is -2.12. The van der Waals surface area contributed by atoms with E-state index in [0.29, 0.717) is 0 Å². The van der Waals surface area contributed by atoms with Gasteiger partial charge in [0.15, 0.2) is 0 Å². The zero-order valence-electron chi connectivity index (χ0n) is 7.61. The molecule has 0 aliphatic carbocycles. The average Bonchev–Trinajstić information content (AvgIpc) is 2.42. The fraction of sp³-hybridized carbons (Fsp3) is 0.222. The maximum Gasteiger partial charge on any atom is 0.208 e. The maximum absolute atomic E-state index is 5.27. The molecule has 1 heterocycles. The summed E-state index contributed by atoms with van der Waals surface area (Å²) in [5, 5.41) is 3.72. The van der Waals surface area contributed by atoms with Gasteiger partial charge in [-0.1, -0.05) is 17.4 Å². The van der Waals surface area contributed by atoms with Crippen molar-refractivity contribution in [2.75, 3.05) is 0 Å². The molecule has 0 amide bonds. The van der Waals surface area contributed by atoms with E-state index in [9.17, 15) is 0 Å². The molecule has 0 spiro atoms. The number of rotatable bonds is 0. The predicted molar refractivity (Wildman–Crippen MR) is 55.3 cm³/mol. The molecular formula is C9H11N3S. The van der Waals surface area contributed by atoms with Crippen molar-refractivity contribution >= 4 is 21.6 Å². The number of fused-ring (bicyclic) bond motifs is 1. The fourth-order valence-electron chi connectivity index (χ4n) is 1.36. The third kappa shape index (κ3) is 1.23. The molecule has 0 atom stereocenters. The number of aromatic nitrogens is 1. The van der Waals surface area contributed by atoms with Gasteiger partial charge in [0.1, 0.15) is 0 Å². The van der Waals surface area contributed by atoms with Crippen LogP contribution in [0.15, 0.2) is 23.3 Å². The lowest BCUT2D eigenvalue weighted by molar-refractivity contribution is 0.888. The topological polar surface area (TPSA) is 43.3 Å². The zero-order chi connectivity index (χ0) is 9.42. The Kier molecular flexibility index (Phi) is 1.84. The van der Waals surface area contributed by atoms with E-state index in [2.05, 4.69) is 30.2 Å². The van der Waals surface area contributed by atoms with Gasteiger partial charge in [-0.3, -0.25) is 0 Å². The maximum atomic E-state index is 5.27. The minimum atomic E-state index is 0.848. The summed E-state index contributed by atoms with van der Waals surface area (Å²) in [6, 6.07) is 6.33. The number of nitrogens with two attached hydrogens (primary N) is 1. The molecular weight excluding hydrogens is 182 g/mol. The smallest absolute Gasteiger partial charge is 0.208 e. The molecule has 0 saturated carbocycles. The van der Waals surface area contributed by atoms with E-state index in [0.717, 1.165) is 4.80 Å². The largest absolute Gasteiger partial charge is 0.320 e. The van der Waals surface area contributed by atoms with Crippen LogP contribution in [0.2, 0.25) is 0 Å². The molecule has 2 N–H and O–H groups in total. The Labute approximate surface area is 80.1 Å². The predicted octanol–water partition coefficient (Wildman–Crippen LogP) is 1.32. The number of hydrogen-bond donors (Lipinski definition) is 1. The van der Waals surface area contributed by atoms with E-state index in [-0.39, 0.29) is 0 Å². The van der Waals surface area contributed by atoms with E-state index >= 15 is 0 Å². The molecule has 0 aliphatic heterocycles. The SMILES string of the molecule is Cc1ccc2c(c1)s/c(=N\N)n2C. The highest BCUT2D eigenvalue weighted by molar-refractivity contribution is 7.16. The van der Waals surface area contributed by atoms with E-state index in [1.807, 2.05) is 11.6 Å². The Morgan fingerprint density at radius 1 is 1.46 bits per heavy atom. The molecule has 0 unspecified atom stereocenters. The Hall–Kier alpha value is -1.29. The quantitative estimate of drug-likeness (QED) is 0.497. The molecule has 68 valence electrons. The first-order chi connectivity index (χ1) is 6.22. The average molecular weight is 193 g/mol. The molecule has 1 aromatic carbocycles. The van der Waals surface area contributed by atoms with Crippen LogP contribution in [0.1, 0.15) is 5.56 Å². The van der Waals surface area contributed by atoms with Crippen molar-refractivity contribution in [1.29, 1.82) is 0 Å². The third-order valence-corrected chi connectivity index (χ3v) is 3.18. The number of benzene rings is 1. The van der Waals surface area contributed by atoms with Gasteiger partial charge >= 0.3 is 0 Å². The number of nitrogens with zero attached hydrogens (tertiary/aromatic N) is 2. The van der Waals surface area contributed by atoms with Crippen LogP contribution in [0, 0.1) is 6.92 Å². The Bertz CT molecular complexity index is 507. The van der Waals surface area contributed by atoms with E-state index in [4.69, 9.17) is 5.84 Å². The Morgan fingerprint density at radius 2 is 2.23 bits per heavy atom. The molecule has 0 aliphatic rings. The van der Waals surface area contributed by atoms with Gasteiger partial charge in [-0.25, -0.2) is 0 Å². The van der Waals surface area contributed by atoms with Crippen molar-refractivity contribution in [3.05, 3.63) is 28.6 Å². The Morgan fingerprint density at radius 3 is 2.92 bits per heavy atom. The van der Waals surface area contributed by atoms with Crippen molar-refractivity contribution in [2.24, 2.45) is 18.0 Å². The normalized spacial score (nSPS) is 12.6.